The molecule has 0 saturated carbocycles. The van der Waals surface area contributed by atoms with Gasteiger partial charge in [0.15, 0.2) is 5.69 Å². The summed E-state index contributed by atoms with van der Waals surface area (Å²) in [6.07, 6.45) is 2.32. The highest BCUT2D eigenvalue weighted by Gasteiger charge is 2.27. The number of carbonyl (C=O) groups excluding carboxylic acids is 1. The molecule has 1 aliphatic rings. The molecule has 7 heteroatoms. The summed E-state index contributed by atoms with van der Waals surface area (Å²) >= 11 is 6.01. The van der Waals surface area contributed by atoms with Gasteiger partial charge in [0.1, 0.15) is 5.82 Å². The van der Waals surface area contributed by atoms with Crippen LogP contribution in [0, 0.1) is 0 Å². The van der Waals surface area contributed by atoms with Crippen LogP contribution in [0.25, 0.3) is 0 Å². The molecule has 1 aromatic heterocycles. The van der Waals surface area contributed by atoms with Crippen LogP contribution in [0.5, 0.6) is 0 Å². The molecule has 1 aromatic rings. The van der Waals surface area contributed by atoms with E-state index in [0.29, 0.717) is 23.9 Å². The molecule has 1 atom stereocenters. The van der Waals surface area contributed by atoms with Crippen molar-refractivity contribution in [2.24, 2.45) is 5.73 Å². The van der Waals surface area contributed by atoms with Crippen molar-refractivity contribution in [2.75, 3.05) is 13.1 Å². The number of rotatable bonds is 2. The third kappa shape index (κ3) is 3.55. The Bertz CT molecular complexity index is 467. The number of hydrogen-bond acceptors (Lipinski definition) is 4. The van der Waals surface area contributed by atoms with E-state index in [2.05, 4.69) is 9.97 Å². The molecule has 2 rings (SSSR count). The van der Waals surface area contributed by atoms with Crippen molar-refractivity contribution < 1.29 is 4.79 Å². The first-order valence-corrected chi connectivity index (χ1v) is 6.44. The molecular weight excluding hydrogens is 287 g/mol. The lowest BCUT2D eigenvalue weighted by Crippen LogP contribution is -2.32. The Labute approximate surface area is 124 Å². The highest BCUT2D eigenvalue weighted by atomic mass is 35.5. The zero-order chi connectivity index (χ0) is 13.3. The van der Waals surface area contributed by atoms with Crippen molar-refractivity contribution in [3.8, 4) is 0 Å². The van der Waals surface area contributed by atoms with Crippen molar-refractivity contribution in [1.29, 1.82) is 0 Å². The Hall–Kier alpha value is -0.910. The van der Waals surface area contributed by atoms with Crippen LogP contribution in [0.15, 0.2) is 6.20 Å². The van der Waals surface area contributed by atoms with E-state index in [1.807, 2.05) is 13.8 Å². The summed E-state index contributed by atoms with van der Waals surface area (Å²) in [5, 5.41) is 0.296. The maximum Gasteiger partial charge on any atom is 0.274 e. The van der Waals surface area contributed by atoms with Crippen LogP contribution in [0.1, 0.15) is 42.5 Å². The number of hydrogen-bond donors (Lipinski definition) is 1. The van der Waals surface area contributed by atoms with Gasteiger partial charge in [-0.3, -0.25) is 4.79 Å². The summed E-state index contributed by atoms with van der Waals surface area (Å²) in [5.74, 6) is 0.637. The number of nitrogens with two attached hydrogens (primary N) is 1. The highest BCUT2D eigenvalue weighted by Crippen LogP contribution is 2.19. The first-order valence-electron chi connectivity index (χ1n) is 6.06. The van der Waals surface area contributed by atoms with E-state index in [-0.39, 0.29) is 36.0 Å². The van der Waals surface area contributed by atoms with Gasteiger partial charge in [-0.1, -0.05) is 25.4 Å². The number of likely N-dealkylation sites (tertiary alicyclic amines) is 1. The maximum atomic E-state index is 12.3. The van der Waals surface area contributed by atoms with Gasteiger partial charge >= 0.3 is 0 Å². The summed E-state index contributed by atoms with van der Waals surface area (Å²) in [7, 11) is 0. The molecule has 5 nitrogen and oxygen atoms in total. The molecule has 1 amide bonds. The van der Waals surface area contributed by atoms with Crippen molar-refractivity contribution in [3.05, 3.63) is 22.7 Å². The molecule has 1 aliphatic heterocycles. The molecule has 0 bridgehead atoms. The predicted octanol–water partition coefficient (Wildman–Crippen LogP) is 1.85. The molecule has 1 fully saturated rings. The molecule has 0 unspecified atom stereocenters. The Morgan fingerprint density at radius 1 is 1.58 bits per heavy atom. The fraction of sp³-hybridized carbons (Fsp3) is 0.583. The van der Waals surface area contributed by atoms with E-state index >= 15 is 0 Å². The van der Waals surface area contributed by atoms with Gasteiger partial charge in [-0.2, -0.15) is 0 Å². The monoisotopic (exact) mass is 304 g/mol. The molecule has 0 aliphatic carbocycles. The molecule has 0 spiro atoms. The lowest BCUT2D eigenvalue weighted by Gasteiger charge is -2.16. The van der Waals surface area contributed by atoms with Crippen molar-refractivity contribution in [2.45, 2.75) is 32.2 Å². The van der Waals surface area contributed by atoms with E-state index in [1.54, 1.807) is 4.90 Å². The van der Waals surface area contributed by atoms with Crippen molar-refractivity contribution in [1.82, 2.24) is 14.9 Å². The third-order valence-electron chi connectivity index (χ3n) is 2.99. The fourth-order valence-electron chi connectivity index (χ4n) is 1.93. The molecule has 1 saturated heterocycles. The molecule has 2 N–H and O–H groups in total. The minimum Gasteiger partial charge on any atom is -0.336 e. The molecule has 0 radical (unpaired) electrons. The van der Waals surface area contributed by atoms with Gasteiger partial charge in [-0.25, -0.2) is 9.97 Å². The normalized spacial score (nSPS) is 18.6. The van der Waals surface area contributed by atoms with Gasteiger partial charge in [-0.05, 0) is 6.42 Å². The zero-order valence-corrected chi connectivity index (χ0v) is 12.5. The second-order valence-electron chi connectivity index (χ2n) is 4.88. The summed E-state index contributed by atoms with van der Waals surface area (Å²) in [6.45, 7) is 5.18. The minimum absolute atomic E-state index is 0. The molecule has 19 heavy (non-hydrogen) atoms. The maximum absolute atomic E-state index is 12.3. The summed E-state index contributed by atoms with van der Waals surface area (Å²) in [4.78, 5) is 22.4. The average molecular weight is 305 g/mol. The second kappa shape index (κ2) is 6.50. The molecule has 106 valence electrons. The minimum atomic E-state index is -0.155. The van der Waals surface area contributed by atoms with Gasteiger partial charge in [0.25, 0.3) is 5.91 Å². The summed E-state index contributed by atoms with van der Waals surface area (Å²) in [6, 6.07) is 0.0548. The van der Waals surface area contributed by atoms with Gasteiger partial charge in [0, 0.05) is 25.0 Å². The van der Waals surface area contributed by atoms with Gasteiger partial charge < -0.3 is 10.6 Å². The Morgan fingerprint density at radius 3 is 2.79 bits per heavy atom. The van der Waals surface area contributed by atoms with Crippen molar-refractivity contribution in [3.63, 3.8) is 0 Å². The van der Waals surface area contributed by atoms with Crippen LogP contribution in [0.2, 0.25) is 5.02 Å². The number of amides is 1. The largest absolute Gasteiger partial charge is 0.336 e. The van der Waals surface area contributed by atoms with Gasteiger partial charge in [-0.15, -0.1) is 12.4 Å². The van der Waals surface area contributed by atoms with E-state index < -0.39 is 0 Å². The van der Waals surface area contributed by atoms with E-state index in [4.69, 9.17) is 17.3 Å². The Kier molecular flexibility index (Phi) is 5.52. The Morgan fingerprint density at radius 2 is 2.26 bits per heavy atom. The lowest BCUT2D eigenvalue weighted by atomic mass is 10.2. The summed E-state index contributed by atoms with van der Waals surface area (Å²) < 4.78 is 0. The number of carbonyl (C=O) groups is 1. The number of nitrogens with zero attached hydrogens (tertiary/aromatic N) is 3. The van der Waals surface area contributed by atoms with E-state index in [1.165, 1.54) is 6.20 Å². The van der Waals surface area contributed by atoms with Crippen LogP contribution in [0.3, 0.4) is 0 Å². The Balaban J connectivity index is 0.00000180. The lowest BCUT2D eigenvalue weighted by molar-refractivity contribution is 0.0784. The molecular formula is C12H18Cl2N4O. The zero-order valence-electron chi connectivity index (χ0n) is 11.0. The second-order valence-corrected chi connectivity index (χ2v) is 5.29. The first-order chi connectivity index (χ1) is 8.49. The topological polar surface area (TPSA) is 72.1 Å². The number of aromatic nitrogens is 2. The highest BCUT2D eigenvalue weighted by molar-refractivity contribution is 6.33. The van der Waals surface area contributed by atoms with Crippen LogP contribution in [-0.4, -0.2) is 39.9 Å². The SMILES string of the molecule is CC(C)c1ncc(Cl)c(C(=O)N2CC[C@@H](N)C2)n1.Cl. The van der Waals surface area contributed by atoms with E-state index in [0.717, 1.165) is 6.42 Å². The van der Waals surface area contributed by atoms with Crippen molar-refractivity contribution >= 4 is 29.9 Å². The molecule has 2 heterocycles. The van der Waals surface area contributed by atoms with Gasteiger partial charge in [0.05, 0.1) is 11.2 Å². The van der Waals surface area contributed by atoms with Crippen LogP contribution < -0.4 is 5.73 Å². The van der Waals surface area contributed by atoms with Crippen LogP contribution in [-0.2, 0) is 0 Å². The van der Waals surface area contributed by atoms with Gasteiger partial charge in [0.2, 0.25) is 0 Å². The average Bonchev–Trinajstić information content (AvgIpc) is 2.75. The predicted molar refractivity (Wildman–Crippen MR) is 76.9 cm³/mol. The standard InChI is InChI=1S/C12H17ClN4O.ClH/c1-7(2)11-15-5-9(13)10(16-11)12(18)17-4-3-8(14)6-17;/h5,7-8H,3-4,6,14H2,1-2H3;1H/t8-;/m1./s1. The first kappa shape index (κ1) is 16.1. The third-order valence-corrected chi connectivity index (χ3v) is 3.27. The number of halogens is 2. The van der Waals surface area contributed by atoms with Crippen LogP contribution >= 0.6 is 24.0 Å². The fourth-order valence-corrected chi connectivity index (χ4v) is 2.10. The van der Waals surface area contributed by atoms with E-state index in [9.17, 15) is 4.79 Å². The molecule has 0 aromatic carbocycles. The van der Waals surface area contributed by atoms with Crippen LogP contribution in [0.4, 0.5) is 0 Å². The quantitative estimate of drug-likeness (QED) is 0.905. The summed E-state index contributed by atoms with van der Waals surface area (Å²) in [5.41, 5.74) is 6.08. The smallest absolute Gasteiger partial charge is 0.274 e.